The highest BCUT2D eigenvalue weighted by molar-refractivity contribution is 7.89. The number of amides is 1. The van der Waals surface area contributed by atoms with Crippen molar-refractivity contribution in [3.63, 3.8) is 0 Å². The van der Waals surface area contributed by atoms with Crippen LogP contribution in [0.3, 0.4) is 0 Å². The van der Waals surface area contributed by atoms with E-state index in [-0.39, 0.29) is 17.7 Å². The molecule has 7 nitrogen and oxygen atoms in total. The van der Waals surface area contributed by atoms with Gasteiger partial charge in [0.15, 0.2) is 0 Å². The molecule has 2 atom stereocenters. The first-order chi connectivity index (χ1) is 18.7. The summed E-state index contributed by atoms with van der Waals surface area (Å²) in [7, 11) is -3.69. The van der Waals surface area contributed by atoms with E-state index in [4.69, 9.17) is 4.74 Å². The Morgan fingerprint density at radius 1 is 0.974 bits per heavy atom. The van der Waals surface area contributed by atoms with E-state index in [1.165, 1.54) is 6.42 Å². The first kappa shape index (κ1) is 28.8. The molecule has 0 spiro atoms. The largest absolute Gasteiger partial charge is 0.490 e. The van der Waals surface area contributed by atoms with Gasteiger partial charge in [-0.2, -0.15) is 0 Å². The van der Waals surface area contributed by atoms with E-state index < -0.39 is 22.0 Å². The molecule has 1 fully saturated rings. The molecule has 0 bridgehead atoms. The number of benzene rings is 3. The van der Waals surface area contributed by atoms with E-state index in [1.807, 2.05) is 61.5 Å². The first-order valence-corrected chi connectivity index (χ1v) is 15.5. The van der Waals surface area contributed by atoms with Crippen LogP contribution in [-0.2, 0) is 16.4 Å². The topological polar surface area (TPSA) is 105 Å². The van der Waals surface area contributed by atoms with Crippen LogP contribution in [0, 0.1) is 0 Å². The highest BCUT2D eigenvalue weighted by Gasteiger charge is 2.22. The molecule has 0 unspecified atom stereocenters. The molecule has 4 rings (SSSR count). The Labute approximate surface area is 231 Å². The van der Waals surface area contributed by atoms with Gasteiger partial charge in [-0.25, -0.2) is 13.1 Å². The zero-order valence-corrected chi connectivity index (χ0v) is 23.4. The van der Waals surface area contributed by atoms with Gasteiger partial charge in [0.25, 0.3) is 5.91 Å². The number of ether oxygens (including phenoxy) is 1. The van der Waals surface area contributed by atoms with E-state index >= 15 is 0 Å². The predicted molar refractivity (Wildman–Crippen MR) is 154 cm³/mol. The van der Waals surface area contributed by atoms with Crippen LogP contribution in [0.4, 0.5) is 0 Å². The normalized spacial score (nSPS) is 15.9. The monoisotopic (exact) mass is 550 g/mol. The minimum Gasteiger partial charge on any atom is -0.490 e. The minimum atomic E-state index is -3.69. The summed E-state index contributed by atoms with van der Waals surface area (Å²) in [6.07, 6.45) is 6.39. The number of carbonyl (C=O) groups excluding carboxylic acids is 1. The van der Waals surface area contributed by atoms with Crippen LogP contribution in [0.2, 0.25) is 0 Å². The van der Waals surface area contributed by atoms with Crippen molar-refractivity contribution >= 4 is 15.9 Å². The quantitative estimate of drug-likeness (QED) is 0.310. The molecule has 1 aliphatic carbocycles. The lowest BCUT2D eigenvalue weighted by Crippen LogP contribution is -2.33. The lowest BCUT2D eigenvalue weighted by Gasteiger charge is -2.24. The highest BCUT2D eigenvalue weighted by atomic mass is 32.2. The lowest BCUT2D eigenvalue weighted by atomic mass is 9.97. The van der Waals surface area contributed by atoms with Crippen molar-refractivity contribution in [1.82, 2.24) is 10.0 Å². The predicted octanol–water partition coefficient (Wildman–Crippen LogP) is 5.01. The molecule has 1 amide bonds. The van der Waals surface area contributed by atoms with Crippen LogP contribution in [0.25, 0.3) is 11.1 Å². The second-order valence-electron chi connectivity index (χ2n) is 10.3. The maximum absolute atomic E-state index is 12.7. The maximum atomic E-state index is 12.7. The van der Waals surface area contributed by atoms with Crippen LogP contribution in [0.5, 0.6) is 5.75 Å². The number of hydrogen-bond acceptors (Lipinski definition) is 6. The standard InChI is InChI=1S/C31H38N2O5S/c1-22(30(34)25-9-5-3-6-10-25)32-20-19-23-13-15-24(16-14-23)26-17-18-28(31(35)33-39(2,36)37)29(21-26)38-27-11-7-4-8-12-27/h3,5-6,9-10,13-18,21-22,27,30,32,34H,4,7-8,11-12,19-20H2,1-2H3,(H,33,35)/t22-,30-/m0/s1. The number of hydrogen-bond donors (Lipinski definition) is 3. The Hall–Kier alpha value is -3.20. The van der Waals surface area contributed by atoms with Crippen LogP contribution >= 0.6 is 0 Å². The van der Waals surface area contributed by atoms with Gasteiger partial charge < -0.3 is 15.2 Å². The third-order valence-corrected chi connectivity index (χ3v) is 7.69. The summed E-state index contributed by atoms with van der Waals surface area (Å²) in [5.41, 5.74) is 4.14. The maximum Gasteiger partial charge on any atom is 0.268 e. The van der Waals surface area contributed by atoms with Crippen molar-refractivity contribution < 1.29 is 23.1 Å². The van der Waals surface area contributed by atoms with Gasteiger partial charge in [-0.1, -0.05) is 67.1 Å². The fourth-order valence-electron chi connectivity index (χ4n) is 4.93. The lowest BCUT2D eigenvalue weighted by molar-refractivity contribution is 0.0969. The molecule has 0 aromatic heterocycles. The number of sulfonamides is 1. The fourth-order valence-corrected chi connectivity index (χ4v) is 5.38. The van der Waals surface area contributed by atoms with Gasteiger partial charge >= 0.3 is 0 Å². The van der Waals surface area contributed by atoms with Crippen molar-refractivity contribution in [1.29, 1.82) is 0 Å². The van der Waals surface area contributed by atoms with E-state index in [9.17, 15) is 18.3 Å². The van der Waals surface area contributed by atoms with Crippen molar-refractivity contribution in [3.8, 4) is 16.9 Å². The molecule has 1 aliphatic rings. The first-order valence-electron chi connectivity index (χ1n) is 13.6. The molecule has 8 heteroatoms. The van der Waals surface area contributed by atoms with E-state index in [0.29, 0.717) is 5.75 Å². The van der Waals surface area contributed by atoms with Crippen LogP contribution < -0.4 is 14.8 Å². The summed E-state index contributed by atoms with van der Waals surface area (Å²) < 4.78 is 31.6. The van der Waals surface area contributed by atoms with Crippen LogP contribution in [-0.4, -0.2) is 44.4 Å². The number of aliphatic hydroxyl groups excluding tert-OH is 1. The van der Waals surface area contributed by atoms with Gasteiger partial charge in [0.1, 0.15) is 5.75 Å². The third kappa shape index (κ3) is 8.39. The van der Waals surface area contributed by atoms with Gasteiger partial charge in [0, 0.05) is 6.04 Å². The average molecular weight is 551 g/mol. The summed E-state index contributed by atoms with van der Waals surface area (Å²) in [5, 5.41) is 14.0. The number of carbonyl (C=O) groups is 1. The smallest absolute Gasteiger partial charge is 0.268 e. The molecule has 39 heavy (non-hydrogen) atoms. The fraction of sp³-hybridized carbons (Fsp3) is 0.387. The van der Waals surface area contributed by atoms with Crippen LogP contribution in [0.1, 0.15) is 66.6 Å². The molecule has 1 saturated carbocycles. The molecule has 208 valence electrons. The van der Waals surface area contributed by atoms with E-state index in [1.54, 1.807) is 6.07 Å². The molecule has 3 aromatic rings. The van der Waals surface area contributed by atoms with E-state index in [0.717, 1.165) is 67.2 Å². The Balaban J connectivity index is 1.43. The second kappa shape index (κ2) is 13.2. The molecule has 0 heterocycles. The van der Waals surface area contributed by atoms with Crippen molar-refractivity contribution in [2.24, 2.45) is 0 Å². The summed E-state index contributed by atoms with van der Waals surface area (Å²) in [5.74, 6) is -0.288. The van der Waals surface area contributed by atoms with Crippen molar-refractivity contribution in [2.45, 2.75) is 63.7 Å². The Kier molecular flexibility index (Phi) is 9.78. The zero-order valence-electron chi connectivity index (χ0n) is 22.6. The zero-order chi connectivity index (χ0) is 27.8. The van der Waals surface area contributed by atoms with Gasteiger partial charge in [0.2, 0.25) is 10.0 Å². The average Bonchev–Trinajstić information content (AvgIpc) is 2.93. The molecule has 0 saturated heterocycles. The van der Waals surface area contributed by atoms with Gasteiger partial charge in [-0.3, -0.25) is 4.79 Å². The Morgan fingerprint density at radius 2 is 1.64 bits per heavy atom. The number of rotatable bonds is 11. The number of nitrogens with one attached hydrogen (secondary N) is 2. The van der Waals surface area contributed by atoms with Crippen molar-refractivity contribution in [3.05, 3.63) is 89.5 Å². The third-order valence-electron chi connectivity index (χ3n) is 7.13. The Bertz CT molecular complexity index is 1340. The summed E-state index contributed by atoms with van der Waals surface area (Å²) in [6.45, 7) is 2.71. The van der Waals surface area contributed by atoms with Crippen LogP contribution in [0.15, 0.2) is 72.8 Å². The molecule has 0 radical (unpaired) electrons. The summed E-state index contributed by atoms with van der Waals surface area (Å²) in [6, 6.07) is 23.1. The second-order valence-corrected chi connectivity index (χ2v) is 12.1. The summed E-state index contributed by atoms with van der Waals surface area (Å²) >= 11 is 0. The number of aliphatic hydroxyl groups is 1. The highest BCUT2D eigenvalue weighted by Crippen LogP contribution is 2.31. The SMILES string of the molecule is C[C@H](NCCc1ccc(-c2ccc(C(=O)NS(C)(=O)=O)c(OC3CCCCC3)c2)cc1)[C@H](O)c1ccccc1. The van der Waals surface area contributed by atoms with E-state index in [2.05, 4.69) is 22.2 Å². The van der Waals surface area contributed by atoms with Gasteiger partial charge in [-0.05, 0) is 80.0 Å². The van der Waals surface area contributed by atoms with Crippen molar-refractivity contribution in [2.75, 3.05) is 12.8 Å². The molecular weight excluding hydrogens is 512 g/mol. The minimum absolute atomic E-state index is 0.0106. The Morgan fingerprint density at radius 3 is 2.31 bits per heavy atom. The summed E-state index contributed by atoms with van der Waals surface area (Å²) in [4.78, 5) is 12.7. The van der Waals surface area contributed by atoms with Gasteiger partial charge in [0.05, 0.1) is 24.0 Å². The molecular formula is C31H38N2O5S. The van der Waals surface area contributed by atoms with Gasteiger partial charge in [-0.15, -0.1) is 0 Å². The molecule has 3 aromatic carbocycles. The molecule has 0 aliphatic heterocycles. The molecule has 3 N–H and O–H groups in total.